The third kappa shape index (κ3) is 4.73. The van der Waals surface area contributed by atoms with Crippen LogP contribution in [0.25, 0.3) is 0 Å². The molecule has 1 N–H and O–H groups in total. The minimum atomic E-state index is -0.301. The summed E-state index contributed by atoms with van der Waals surface area (Å²) in [7, 11) is 0. The van der Waals surface area contributed by atoms with Crippen LogP contribution in [0.5, 0.6) is 0 Å². The first-order chi connectivity index (χ1) is 14.6. The molecule has 0 bridgehead atoms. The molecule has 3 aromatic carbocycles. The molecule has 3 aromatic rings. The monoisotopic (exact) mass is 527 g/mol. The largest absolute Gasteiger partial charge is 0.295 e. The Hall–Kier alpha value is -2.65. The zero-order valence-electron chi connectivity index (χ0n) is 15.9. The zero-order valence-corrected chi connectivity index (χ0v) is 18.8. The van der Waals surface area contributed by atoms with Gasteiger partial charge in [-0.1, -0.05) is 42.5 Å². The lowest BCUT2D eigenvalue weighted by Gasteiger charge is -2.24. The number of thioether (sulfide) groups is 1. The molecule has 7 heteroatoms. The van der Waals surface area contributed by atoms with Crippen molar-refractivity contribution in [3.63, 3.8) is 0 Å². The van der Waals surface area contributed by atoms with Crippen molar-refractivity contribution in [2.75, 3.05) is 10.7 Å². The van der Waals surface area contributed by atoms with Crippen LogP contribution in [0, 0.1) is 3.57 Å². The van der Waals surface area contributed by atoms with Gasteiger partial charge in [0.05, 0.1) is 12.0 Å². The van der Waals surface area contributed by atoms with Crippen LogP contribution in [0.1, 0.15) is 26.9 Å². The fourth-order valence-corrected chi connectivity index (χ4v) is 4.90. The van der Waals surface area contributed by atoms with Crippen LogP contribution >= 0.6 is 34.4 Å². The molecule has 1 aliphatic rings. The van der Waals surface area contributed by atoms with E-state index in [0.717, 1.165) is 20.4 Å². The van der Waals surface area contributed by atoms with Gasteiger partial charge in [-0.15, -0.1) is 11.8 Å². The van der Waals surface area contributed by atoms with Crippen molar-refractivity contribution in [1.82, 2.24) is 5.43 Å². The van der Waals surface area contributed by atoms with Crippen molar-refractivity contribution in [2.24, 2.45) is 5.10 Å². The van der Waals surface area contributed by atoms with E-state index in [-0.39, 0.29) is 17.2 Å². The van der Waals surface area contributed by atoms with Crippen LogP contribution in [0.3, 0.4) is 0 Å². The van der Waals surface area contributed by atoms with E-state index < -0.39 is 0 Å². The normalized spacial score (nSPS) is 16.2. The average Bonchev–Trinajstić information content (AvgIpc) is 3.16. The van der Waals surface area contributed by atoms with Gasteiger partial charge in [-0.25, -0.2) is 5.43 Å². The van der Waals surface area contributed by atoms with E-state index in [1.165, 1.54) is 0 Å². The average molecular weight is 527 g/mol. The zero-order chi connectivity index (χ0) is 20.9. The summed E-state index contributed by atoms with van der Waals surface area (Å²) in [6.07, 6.45) is 1.61. The van der Waals surface area contributed by atoms with Gasteiger partial charge >= 0.3 is 0 Å². The Balaban J connectivity index is 1.45. The number of amides is 2. The molecule has 150 valence electrons. The Morgan fingerprint density at radius 2 is 1.83 bits per heavy atom. The molecule has 1 fully saturated rings. The summed E-state index contributed by atoms with van der Waals surface area (Å²) in [5.74, 6) is 0.202. The van der Waals surface area contributed by atoms with Crippen LogP contribution in [-0.4, -0.2) is 23.8 Å². The number of nitrogens with one attached hydrogen (secondary N) is 1. The molecule has 1 aliphatic heterocycles. The maximum atomic E-state index is 12.5. The molecule has 0 saturated carbocycles. The Labute approximate surface area is 192 Å². The third-order valence-electron chi connectivity index (χ3n) is 4.59. The van der Waals surface area contributed by atoms with E-state index in [4.69, 9.17) is 0 Å². The molecule has 30 heavy (non-hydrogen) atoms. The first kappa shape index (κ1) is 20.6. The van der Waals surface area contributed by atoms with Gasteiger partial charge < -0.3 is 0 Å². The van der Waals surface area contributed by atoms with E-state index in [1.807, 2.05) is 54.6 Å². The van der Waals surface area contributed by atoms with Gasteiger partial charge in [0.1, 0.15) is 5.37 Å². The van der Waals surface area contributed by atoms with E-state index in [9.17, 15) is 9.59 Å². The maximum Gasteiger partial charge on any atom is 0.271 e. The fraction of sp³-hybridized carbons (Fsp3) is 0.0870. The number of carbonyl (C=O) groups excluding carboxylic acids is 2. The van der Waals surface area contributed by atoms with Crippen molar-refractivity contribution < 1.29 is 9.59 Å². The number of carbonyl (C=O) groups is 2. The van der Waals surface area contributed by atoms with E-state index >= 15 is 0 Å². The van der Waals surface area contributed by atoms with Crippen molar-refractivity contribution in [3.8, 4) is 0 Å². The second-order valence-corrected chi connectivity index (χ2v) is 8.95. The SMILES string of the molecule is O=C(N/N=C\c1cccc(I)c1)c1ccc(N2C(=O)CS[C@H]2c2ccccc2)cc1. The summed E-state index contributed by atoms with van der Waals surface area (Å²) < 4.78 is 1.10. The number of halogens is 1. The summed E-state index contributed by atoms with van der Waals surface area (Å²) in [6, 6.07) is 24.8. The molecule has 0 spiro atoms. The molecule has 0 radical (unpaired) electrons. The summed E-state index contributed by atoms with van der Waals surface area (Å²) in [5.41, 5.74) is 5.79. The van der Waals surface area contributed by atoms with Crippen LogP contribution in [0.4, 0.5) is 5.69 Å². The van der Waals surface area contributed by atoms with Gasteiger partial charge in [-0.05, 0) is 70.1 Å². The molecule has 0 unspecified atom stereocenters. The van der Waals surface area contributed by atoms with E-state index in [0.29, 0.717) is 11.3 Å². The van der Waals surface area contributed by atoms with Gasteiger partial charge in [-0.2, -0.15) is 5.10 Å². The Kier molecular flexibility index (Phi) is 6.49. The Morgan fingerprint density at radius 1 is 1.07 bits per heavy atom. The van der Waals surface area contributed by atoms with Gasteiger partial charge in [0.25, 0.3) is 5.91 Å². The number of nitrogens with zero attached hydrogens (tertiary/aromatic N) is 2. The van der Waals surface area contributed by atoms with Gasteiger partial charge in [-0.3, -0.25) is 14.5 Å². The predicted octanol–water partition coefficient (Wildman–Crippen LogP) is 4.83. The highest BCUT2D eigenvalue weighted by molar-refractivity contribution is 14.1. The molecule has 1 atom stereocenters. The van der Waals surface area contributed by atoms with Crippen LogP contribution in [-0.2, 0) is 4.79 Å². The highest BCUT2D eigenvalue weighted by Gasteiger charge is 2.33. The van der Waals surface area contributed by atoms with Crippen LogP contribution in [0.2, 0.25) is 0 Å². The van der Waals surface area contributed by atoms with Crippen molar-refractivity contribution in [3.05, 3.63) is 99.1 Å². The van der Waals surface area contributed by atoms with E-state index in [1.54, 1.807) is 47.1 Å². The second kappa shape index (κ2) is 9.44. The van der Waals surface area contributed by atoms with Gasteiger partial charge in [0.2, 0.25) is 5.91 Å². The molecular formula is C23H18IN3O2S. The lowest BCUT2D eigenvalue weighted by molar-refractivity contribution is -0.115. The summed E-state index contributed by atoms with van der Waals surface area (Å²) in [4.78, 5) is 26.6. The molecule has 4 rings (SSSR count). The number of anilines is 1. The van der Waals surface area contributed by atoms with Crippen LogP contribution in [0.15, 0.2) is 84.0 Å². The first-order valence-corrected chi connectivity index (χ1v) is 11.4. The molecular weight excluding hydrogens is 509 g/mol. The summed E-state index contributed by atoms with van der Waals surface area (Å²) in [5, 5.41) is 3.97. The smallest absolute Gasteiger partial charge is 0.271 e. The number of hydrogen-bond donors (Lipinski definition) is 1. The fourth-order valence-electron chi connectivity index (χ4n) is 3.16. The summed E-state index contributed by atoms with van der Waals surface area (Å²) >= 11 is 3.83. The predicted molar refractivity (Wildman–Crippen MR) is 130 cm³/mol. The lowest BCUT2D eigenvalue weighted by atomic mass is 10.1. The highest BCUT2D eigenvalue weighted by Crippen LogP contribution is 2.41. The second-order valence-electron chi connectivity index (χ2n) is 6.64. The topological polar surface area (TPSA) is 61.8 Å². The van der Waals surface area contributed by atoms with Crippen molar-refractivity contribution in [1.29, 1.82) is 0 Å². The minimum Gasteiger partial charge on any atom is -0.295 e. The van der Waals surface area contributed by atoms with Gasteiger partial charge in [0.15, 0.2) is 0 Å². The van der Waals surface area contributed by atoms with Crippen molar-refractivity contribution >= 4 is 58.1 Å². The number of hydrazone groups is 1. The molecule has 1 heterocycles. The quantitative estimate of drug-likeness (QED) is 0.294. The van der Waals surface area contributed by atoms with Gasteiger partial charge in [0, 0.05) is 14.8 Å². The maximum absolute atomic E-state index is 12.5. The van der Waals surface area contributed by atoms with E-state index in [2.05, 4.69) is 33.1 Å². The molecule has 1 saturated heterocycles. The molecule has 5 nitrogen and oxygen atoms in total. The number of rotatable bonds is 5. The molecule has 2 amide bonds. The lowest BCUT2D eigenvalue weighted by Crippen LogP contribution is -2.28. The number of hydrogen-bond acceptors (Lipinski definition) is 4. The van der Waals surface area contributed by atoms with Crippen LogP contribution < -0.4 is 10.3 Å². The summed E-state index contributed by atoms with van der Waals surface area (Å²) in [6.45, 7) is 0. The standard InChI is InChI=1S/C23H18IN3O2S/c24-19-8-4-5-16(13-19)14-25-26-22(29)17-9-11-20(12-10-17)27-21(28)15-30-23(27)18-6-2-1-3-7-18/h1-14,23H,15H2,(H,26,29)/b25-14-/t23-/m0/s1. The molecule has 0 aromatic heterocycles. The highest BCUT2D eigenvalue weighted by atomic mass is 127. The Morgan fingerprint density at radius 3 is 2.57 bits per heavy atom. The van der Waals surface area contributed by atoms with Crippen molar-refractivity contribution in [2.45, 2.75) is 5.37 Å². The molecule has 0 aliphatic carbocycles. The minimum absolute atomic E-state index is 0.0587. The third-order valence-corrected chi connectivity index (χ3v) is 6.47. The number of benzene rings is 3. The Bertz CT molecular complexity index is 1090. The first-order valence-electron chi connectivity index (χ1n) is 9.29.